The summed E-state index contributed by atoms with van der Waals surface area (Å²) in [6.07, 6.45) is 5.78. The highest BCUT2D eigenvalue weighted by Crippen LogP contribution is 2.30. The Morgan fingerprint density at radius 1 is 1.56 bits per heavy atom. The molecule has 1 heterocycles. The third kappa shape index (κ3) is 2.38. The van der Waals surface area contributed by atoms with Crippen LogP contribution in [0.4, 0.5) is 0 Å². The Balaban J connectivity index is 2.28. The van der Waals surface area contributed by atoms with Crippen LogP contribution in [0.5, 0.6) is 0 Å². The van der Waals surface area contributed by atoms with E-state index >= 15 is 0 Å². The molecule has 0 saturated carbocycles. The maximum atomic E-state index is 9.35. The lowest BCUT2D eigenvalue weighted by molar-refractivity contribution is 0.278. The first kappa shape index (κ1) is 11.9. The van der Waals surface area contributed by atoms with Crippen molar-refractivity contribution < 1.29 is 5.11 Å². The van der Waals surface area contributed by atoms with Gasteiger partial charge in [0.05, 0.1) is 6.61 Å². The molecule has 1 N–H and O–H groups in total. The van der Waals surface area contributed by atoms with E-state index in [1.807, 2.05) is 0 Å². The molecular weight excluding hydrogens is 222 g/mol. The molecule has 0 radical (unpaired) electrons. The van der Waals surface area contributed by atoms with Gasteiger partial charge in [-0.2, -0.15) is 0 Å². The van der Waals surface area contributed by atoms with Gasteiger partial charge in [0.2, 0.25) is 0 Å². The van der Waals surface area contributed by atoms with Crippen LogP contribution in [0.3, 0.4) is 0 Å². The Hall–Kier alpha value is -0.600. The van der Waals surface area contributed by atoms with Gasteiger partial charge >= 0.3 is 0 Å². The van der Waals surface area contributed by atoms with E-state index in [4.69, 9.17) is 11.6 Å². The van der Waals surface area contributed by atoms with Crippen molar-refractivity contribution >= 4 is 11.6 Å². The maximum Gasteiger partial charge on any atom is 0.129 e. The summed E-state index contributed by atoms with van der Waals surface area (Å²) in [5, 5.41) is 9.86. The highest BCUT2D eigenvalue weighted by molar-refractivity contribution is 6.29. The maximum absolute atomic E-state index is 9.35. The quantitative estimate of drug-likeness (QED) is 0.823. The van der Waals surface area contributed by atoms with Gasteiger partial charge in [-0.15, -0.1) is 0 Å². The number of hydrogen-bond acceptors (Lipinski definition) is 2. The van der Waals surface area contributed by atoms with Gasteiger partial charge in [0.1, 0.15) is 5.15 Å². The molecule has 16 heavy (non-hydrogen) atoms. The predicted molar refractivity (Wildman–Crippen MR) is 65.6 cm³/mol. The third-order valence-corrected chi connectivity index (χ3v) is 3.61. The third-order valence-electron chi connectivity index (χ3n) is 3.42. The van der Waals surface area contributed by atoms with E-state index in [0.717, 1.165) is 30.0 Å². The molecule has 1 aromatic heterocycles. The SMILES string of the molecule is CCCC1CCc2nc(Cl)cc(CO)c2C1. The normalized spacial score (nSPS) is 19.6. The summed E-state index contributed by atoms with van der Waals surface area (Å²) >= 11 is 5.94. The van der Waals surface area contributed by atoms with Crippen LogP contribution in [0.2, 0.25) is 5.15 Å². The smallest absolute Gasteiger partial charge is 0.129 e. The van der Waals surface area contributed by atoms with Crippen molar-refractivity contribution in [3.05, 3.63) is 28.0 Å². The van der Waals surface area contributed by atoms with Crippen LogP contribution >= 0.6 is 11.6 Å². The van der Waals surface area contributed by atoms with Crippen LogP contribution in [0.25, 0.3) is 0 Å². The zero-order valence-electron chi connectivity index (χ0n) is 9.67. The van der Waals surface area contributed by atoms with Crippen LogP contribution in [-0.2, 0) is 19.4 Å². The monoisotopic (exact) mass is 239 g/mol. The van der Waals surface area contributed by atoms with Gasteiger partial charge in [0, 0.05) is 5.69 Å². The first-order valence-corrected chi connectivity index (χ1v) is 6.40. The standard InChI is InChI=1S/C13H18ClNO/c1-2-3-9-4-5-12-11(6-9)10(8-16)7-13(14)15-12/h7,9,16H,2-6,8H2,1H3. The number of aryl methyl sites for hydroxylation is 1. The van der Waals surface area contributed by atoms with E-state index in [2.05, 4.69) is 11.9 Å². The second-order valence-corrected chi connectivity index (χ2v) is 4.97. The first-order valence-electron chi connectivity index (χ1n) is 6.02. The summed E-state index contributed by atoms with van der Waals surface area (Å²) in [4.78, 5) is 4.37. The van der Waals surface area contributed by atoms with Crippen molar-refractivity contribution in [3.63, 3.8) is 0 Å². The van der Waals surface area contributed by atoms with Gasteiger partial charge < -0.3 is 5.11 Å². The fourth-order valence-electron chi connectivity index (χ4n) is 2.63. The second kappa shape index (κ2) is 5.15. The Bertz CT molecular complexity index is 361. The van der Waals surface area contributed by atoms with Crippen molar-refractivity contribution in [2.45, 2.75) is 45.6 Å². The molecule has 0 bridgehead atoms. The molecule has 2 rings (SSSR count). The zero-order valence-corrected chi connectivity index (χ0v) is 10.4. The van der Waals surface area contributed by atoms with Gasteiger partial charge in [0.25, 0.3) is 0 Å². The van der Waals surface area contributed by atoms with Crippen molar-refractivity contribution in [1.82, 2.24) is 4.98 Å². The molecule has 1 aromatic rings. The van der Waals surface area contributed by atoms with Crippen molar-refractivity contribution in [2.75, 3.05) is 0 Å². The number of aromatic nitrogens is 1. The molecule has 1 unspecified atom stereocenters. The molecule has 0 fully saturated rings. The number of halogens is 1. The molecule has 0 aromatic carbocycles. The molecule has 0 saturated heterocycles. The molecular formula is C13H18ClNO. The fourth-order valence-corrected chi connectivity index (χ4v) is 2.86. The van der Waals surface area contributed by atoms with E-state index in [-0.39, 0.29) is 6.61 Å². The van der Waals surface area contributed by atoms with Gasteiger partial charge in [-0.1, -0.05) is 31.4 Å². The number of pyridine rings is 1. The Kier molecular flexibility index (Phi) is 3.82. The molecule has 2 nitrogen and oxygen atoms in total. The van der Waals surface area contributed by atoms with E-state index in [9.17, 15) is 5.11 Å². The number of nitrogens with zero attached hydrogens (tertiary/aromatic N) is 1. The molecule has 0 spiro atoms. The summed E-state index contributed by atoms with van der Waals surface area (Å²) in [7, 11) is 0. The van der Waals surface area contributed by atoms with Gasteiger partial charge in [-0.25, -0.2) is 4.98 Å². The number of aliphatic hydroxyl groups excluding tert-OH is 1. The summed E-state index contributed by atoms with van der Waals surface area (Å²) < 4.78 is 0. The highest BCUT2D eigenvalue weighted by Gasteiger charge is 2.21. The van der Waals surface area contributed by atoms with Crippen LogP contribution in [0.15, 0.2) is 6.07 Å². The second-order valence-electron chi connectivity index (χ2n) is 4.58. The van der Waals surface area contributed by atoms with Crippen LogP contribution in [0.1, 0.15) is 43.0 Å². The highest BCUT2D eigenvalue weighted by atomic mass is 35.5. The summed E-state index contributed by atoms with van der Waals surface area (Å²) in [5.74, 6) is 0.755. The van der Waals surface area contributed by atoms with E-state index < -0.39 is 0 Å². The van der Waals surface area contributed by atoms with Crippen molar-refractivity contribution in [2.24, 2.45) is 5.92 Å². The van der Waals surface area contributed by atoms with E-state index in [0.29, 0.717) is 5.15 Å². The minimum atomic E-state index is 0.0728. The summed E-state index contributed by atoms with van der Waals surface area (Å²) in [6, 6.07) is 1.80. The zero-order chi connectivity index (χ0) is 11.5. The van der Waals surface area contributed by atoms with Crippen LogP contribution in [0, 0.1) is 5.92 Å². The lowest BCUT2D eigenvalue weighted by Gasteiger charge is -2.25. The van der Waals surface area contributed by atoms with Crippen LogP contribution in [-0.4, -0.2) is 10.1 Å². The minimum Gasteiger partial charge on any atom is -0.392 e. The molecule has 1 aliphatic carbocycles. The van der Waals surface area contributed by atoms with E-state index in [1.54, 1.807) is 6.07 Å². The number of rotatable bonds is 3. The number of hydrogen-bond donors (Lipinski definition) is 1. The Morgan fingerprint density at radius 2 is 2.38 bits per heavy atom. The Labute approximate surface area is 102 Å². The summed E-state index contributed by atoms with van der Waals surface area (Å²) in [6.45, 7) is 2.30. The molecule has 88 valence electrons. The number of aliphatic hydroxyl groups is 1. The molecule has 1 aliphatic rings. The fraction of sp³-hybridized carbons (Fsp3) is 0.615. The molecule has 3 heteroatoms. The number of fused-ring (bicyclic) bond motifs is 1. The van der Waals surface area contributed by atoms with Crippen LogP contribution < -0.4 is 0 Å². The minimum absolute atomic E-state index is 0.0728. The lowest BCUT2D eigenvalue weighted by Crippen LogP contribution is -2.17. The van der Waals surface area contributed by atoms with Gasteiger partial charge in [-0.05, 0) is 42.4 Å². The topological polar surface area (TPSA) is 33.1 Å². The van der Waals surface area contributed by atoms with Crippen molar-refractivity contribution in [3.8, 4) is 0 Å². The lowest BCUT2D eigenvalue weighted by atomic mass is 9.82. The van der Waals surface area contributed by atoms with Gasteiger partial charge in [0.15, 0.2) is 0 Å². The van der Waals surface area contributed by atoms with E-state index in [1.165, 1.54) is 24.8 Å². The average molecular weight is 240 g/mol. The molecule has 0 aliphatic heterocycles. The molecule has 0 amide bonds. The Morgan fingerprint density at radius 3 is 3.06 bits per heavy atom. The van der Waals surface area contributed by atoms with Crippen molar-refractivity contribution in [1.29, 1.82) is 0 Å². The summed E-state index contributed by atoms with van der Waals surface area (Å²) in [5.41, 5.74) is 3.32. The predicted octanol–water partition coefficient (Wildman–Crippen LogP) is 3.13. The molecule has 1 atom stereocenters. The van der Waals surface area contributed by atoms with Gasteiger partial charge in [-0.3, -0.25) is 0 Å². The first-order chi connectivity index (χ1) is 7.74. The average Bonchev–Trinajstić information content (AvgIpc) is 2.29. The largest absolute Gasteiger partial charge is 0.392 e.